The van der Waals surface area contributed by atoms with E-state index in [4.69, 9.17) is 9.15 Å². The van der Waals surface area contributed by atoms with Gasteiger partial charge in [-0.15, -0.1) is 0 Å². The first kappa shape index (κ1) is 17.1. The number of hydrogen-bond acceptors (Lipinski definition) is 6. The highest BCUT2D eigenvalue weighted by Gasteiger charge is 2.19. The zero-order valence-corrected chi connectivity index (χ0v) is 14.9. The fraction of sp³-hybridized carbons (Fsp3) is 0.316. The minimum absolute atomic E-state index is 0.0551. The molecule has 4 rings (SSSR count). The van der Waals surface area contributed by atoms with Crippen molar-refractivity contribution in [2.24, 2.45) is 0 Å². The summed E-state index contributed by atoms with van der Waals surface area (Å²) in [6.45, 7) is 4.20. The SMILES string of the molecule is CCCOc1ccc2cc(C(=O)Nc3cnn4c3NCCC4)c(=O)oc2c1. The fourth-order valence-corrected chi connectivity index (χ4v) is 3.02. The monoisotopic (exact) mass is 368 g/mol. The van der Waals surface area contributed by atoms with E-state index in [1.165, 1.54) is 6.07 Å². The lowest BCUT2D eigenvalue weighted by molar-refractivity contribution is 0.102. The number of aromatic nitrogens is 2. The third kappa shape index (κ3) is 3.38. The summed E-state index contributed by atoms with van der Waals surface area (Å²) >= 11 is 0. The highest BCUT2D eigenvalue weighted by molar-refractivity contribution is 6.06. The van der Waals surface area contributed by atoms with E-state index in [9.17, 15) is 9.59 Å². The van der Waals surface area contributed by atoms with Gasteiger partial charge in [0.2, 0.25) is 0 Å². The molecule has 0 bridgehead atoms. The molecular weight excluding hydrogens is 348 g/mol. The molecule has 0 atom stereocenters. The summed E-state index contributed by atoms with van der Waals surface area (Å²) in [5, 5.41) is 10.8. The summed E-state index contributed by atoms with van der Waals surface area (Å²) in [5.41, 5.74) is 0.180. The molecule has 0 spiro atoms. The van der Waals surface area contributed by atoms with E-state index in [-0.39, 0.29) is 5.56 Å². The largest absolute Gasteiger partial charge is 0.493 e. The normalized spacial score (nSPS) is 13.1. The standard InChI is InChI=1S/C19H20N4O4/c1-2-8-26-13-5-4-12-9-14(19(25)27-16(12)10-13)18(24)22-15-11-21-23-7-3-6-20-17(15)23/h4-5,9-11,20H,2-3,6-8H2,1H3,(H,22,24). The smallest absolute Gasteiger partial charge is 0.349 e. The number of nitrogens with one attached hydrogen (secondary N) is 2. The Kier molecular flexibility index (Phi) is 4.53. The summed E-state index contributed by atoms with van der Waals surface area (Å²) in [6.07, 6.45) is 3.43. The van der Waals surface area contributed by atoms with Gasteiger partial charge in [0.25, 0.3) is 5.91 Å². The van der Waals surface area contributed by atoms with Crippen molar-refractivity contribution in [1.82, 2.24) is 9.78 Å². The van der Waals surface area contributed by atoms with Crippen LogP contribution in [-0.4, -0.2) is 28.8 Å². The van der Waals surface area contributed by atoms with Gasteiger partial charge in [0, 0.05) is 24.5 Å². The van der Waals surface area contributed by atoms with Gasteiger partial charge < -0.3 is 19.8 Å². The van der Waals surface area contributed by atoms with Crippen LogP contribution in [0.2, 0.25) is 0 Å². The van der Waals surface area contributed by atoms with Crippen LogP contribution < -0.4 is 21.0 Å². The first-order valence-electron chi connectivity index (χ1n) is 8.97. The molecule has 0 aliphatic carbocycles. The molecule has 1 aromatic carbocycles. The first-order chi connectivity index (χ1) is 13.2. The Morgan fingerprint density at radius 1 is 1.41 bits per heavy atom. The van der Waals surface area contributed by atoms with Crippen molar-refractivity contribution in [3.8, 4) is 5.75 Å². The molecule has 0 saturated carbocycles. The molecule has 140 valence electrons. The lowest BCUT2D eigenvalue weighted by Gasteiger charge is -2.17. The molecule has 2 N–H and O–H groups in total. The maximum absolute atomic E-state index is 12.6. The maximum Gasteiger partial charge on any atom is 0.349 e. The molecule has 27 heavy (non-hydrogen) atoms. The van der Waals surface area contributed by atoms with E-state index in [2.05, 4.69) is 15.7 Å². The van der Waals surface area contributed by atoms with E-state index in [0.29, 0.717) is 29.0 Å². The van der Waals surface area contributed by atoms with Gasteiger partial charge in [-0.1, -0.05) is 6.92 Å². The number of fused-ring (bicyclic) bond motifs is 2. The van der Waals surface area contributed by atoms with Gasteiger partial charge in [0.1, 0.15) is 28.4 Å². The van der Waals surface area contributed by atoms with Crippen molar-refractivity contribution in [3.05, 3.63) is 46.4 Å². The van der Waals surface area contributed by atoms with Gasteiger partial charge in [0.15, 0.2) is 0 Å². The number of nitrogens with zero attached hydrogens (tertiary/aromatic N) is 2. The molecule has 3 heterocycles. The Balaban J connectivity index is 1.61. The molecule has 1 aliphatic heterocycles. The molecular formula is C19H20N4O4. The molecule has 1 amide bonds. The zero-order chi connectivity index (χ0) is 18.8. The van der Waals surface area contributed by atoms with Crippen molar-refractivity contribution in [3.63, 3.8) is 0 Å². The van der Waals surface area contributed by atoms with Crippen LogP contribution in [0, 0.1) is 0 Å². The Bertz CT molecular complexity index is 1050. The van der Waals surface area contributed by atoms with Gasteiger partial charge in [-0.2, -0.15) is 5.10 Å². The maximum atomic E-state index is 12.6. The van der Waals surface area contributed by atoms with Crippen molar-refractivity contribution in [1.29, 1.82) is 0 Å². The van der Waals surface area contributed by atoms with E-state index in [1.54, 1.807) is 29.1 Å². The van der Waals surface area contributed by atoms with Gasteiger partial charge in [-0.25, -0.2) is 9.48 Å². The molecule has 0 radical (unpaired) electrons. The van der Waals surface area contributed by atoms with Crippen LogP contribution in [0.15, 0.2) is 39.7 Å². The molecule has 0 saturated heterocycles. The van der Waals surface area contributed by atoms with Crippen LogP contribution >= 0.6 is 0 Å². The summed E-state index contributed by atoms with van der Waals surface area (Å²) in [6, 6.07) is 6.75. The Labute approximate surface area is 155 Å². The predicted octanol–water partition coefficient (Wildman–Crippen LogP) is 2.85. The second-order valence-corrected chi connectivity index (χ2v) is 6.36. The Hall–Kier alpha value is -3.29. The average Bonchev–Trinajstić information content (AvgIpc) is 3.08. The minimum atomic E-state index is -0.693. The molecule has 0 unspecified atom stereocenters. The van der Waals surface area contributed by atoms with Crippen molar-refractivity contribution < 1.29 is 13.9 Å². The summed E-state index contributed by atoms with van der Waals surface area (Å²) < 4.78 is 12.7. The zero-order valence-electron chi connectivity index (χ0n) is 14.9. The van der Waals surface area contributed by atoms with Crippen molar-refractivity contribution in [2.75, 3.05) is 23.8 Å². The van der Waals surface area contributed by atoms with Gasteiger partial charge in [0.05, 0.1) is 12.8 Å². The fourth-order valence-electron chi connectivity index (χ4n) is 3.02. The van der Waals surface area contributed by atoms with Crippen molar-refractivity contribution >= 4 is 28.4 Å². The van der Waals surface area contributed by atoms with Gasteiger partial charge in [-0.05, 0) is 31.0 Å². The van der Waals surface area contributed by atoms with E-state index in [1.807, 2.05) is 6.92 Å². The molecule has 0 fully saturated rings. The Morgan fingerprint density at radius 3 is 3.15 bits per heavy atom. The van der Waals surface area contributed by atoms with Crippen LogP contribution in [0.25, 0.3) is 11.0 Å². The number of amides is 1. The number of aryl methyl sites for hydroxylation is 1. The second kappa shape index (κ2) is 7.14. The van der Waals surface area contributed by atoms with E-state index in [0.717, 1.165) is 31.7 Å². The van der Waals surface area contributed by atoms with Gasteiger partial charge in [-0.3, -0.25) is 4.79 Å². The van der Waals surface area contributed by atoms with Crippen LogP contribution in [0.1, 0.15) is 30.1 Å². The van der Waals surface area contributed by atoms with Crippen LogP contribution in [0.4, 0.5) is 11.5 Å². The highest BCUT2D eigenvalue weighted by Crippen LogP contribution is 2.25. The number of carbonyl (C=O) groups is 1. The lowest BCUT2D eigenvalue weighted by Crippen LogP contribution is -2.22. The molecule has 1 aliphatic rings. The third-order valence-corrected chi connectivity index (χ3v) is 4.35. The lowest BCUT2D eigenvalue weighted by atomic mass is 10.1. The van der Waals surface area contributed by atoms with E-state index >= 15 is 0 Å². The number of rotatable bonds is 5. The predicted molar refractivity (Wildman–Crippen MR) is 102 cm³/mol. The number of hydrogen-bond donors (Lipinski definition) is 2. The summed E-state index contributed by atoms with van der Waals surface area (Å²) in [5.74, 6) is 0.847. The average molecular weight is 368 g/mol. The Morgan fingerprint density at radius 2 is 2.30 bits per heavy atom. The van der Waals surface area contributed by atoms with Crippen LogP contribution in [-0.2, 0) is 6.54 Å². The highest BCUT2D eigenvalue weighted by atomic mass is 16.5. The van der Waals surface area contributed by atoms with Crippen LogP contribution in [0.5, 0.6) is 5.75 Å². The molecule has 2 aromatic heterocycles. The number of anilines is 2. The van der Waals surface area contributed by atoms with Crippen molar-refractivity contribution in [2.45, 2.75) is 26.3 Å². The van der Waals surface area contributed by atoms with E-state index < -0.39 is 11.5 Å². The number of carbonyl (C=O) groups excluding carboxylic acids is 1. The number of ether oxygens (including phenoxy) is 1. The first-order valence-corrected chi connectivity index (χ1v) is 8.97. The van der Waals surface area contributed by atoms with Gasteiger partial charge >= 0.3 is 5.63 Å². The quantitative estimate of drug-likeness (QED) is 0.672. The summed E-state index contributed by atoms with van der Waals surface area (Å²) in [7, 11) is 0. The minimum Gasteiger partial charge on any atom is -0.493 e. The molecule has 3 aromatic rings. The molecule has 8 nitrogen and oxygen atoms in total. The molecule has 8 heteroatoms. The number of benzene rings is 1. The third-order valence-electron chi connectivity index (χ3n) is 4.35. The second-order valence-electron chi connectivity index (χ2n) is 6.36. The van der Waals surface area contributed by atoms with Crippen LogP contribution in [0.3, 0.4) is 0 Å². The topological polar surface area (TPSA) is 98.4 Å². The summed E-state index contributed by atoms with van der Waals surface area (Å²) in [4.78, 5) is 24.9.